The van der Waals surface area contributed by atoms with Crippen LogP contribution >= 0.6 is 0 Å². The first-order chi connectivity index (χ1) is 4.45. The van der Waals surface area contributed by atoms with Crippen molar-refractivity contribution in [1.82, 2.24) is 0 Å². The van der Waals surface area contributed by atoms with Crippen LogP contribution < -0.4 is 0 Å². The lowest BCUT2D eigenvalue weighted by atomic mass is 10.1. The molecule has 0 aromatic heterocycles. The van der Waals surface area contributed by atoms with Gasteiger partial charge in [0, 0.05) is 0 Å². The van der Waals surface area contributed by atoms with Gasteiger partial charge in [0.05, 0.1) is 5.60 Å². The van der Waals surface area contributed by atoms with E-state index in [4.69, 9.17) is 10.2 Å². The van der Waals surface area contributed by atoms with Crippen LogP contribution in [0.4, 0.5) is 0 Å². The maximum Gasteiger partial charge on any atom is 0.111 e. The van der Waals surface area contributed by atoms with E-state index in [-0.39, 0.29) is 5.76 Å². The Labute approximate surface area is 61.5 Å². The topological polar surface area (TPSA) is 40.5 Å². The first-order valence-electron chi connectivity index (χ1n) is 3.22. The first kappa shape index (κ1) is 9.24. The van der Waals surface area contributed by atoms with E-state index in [0.29, 0.717) is 0 Å². The average Bonchev–Trinajstić information content (AvgIpc) is 1.81. The highest BCUT2D eigenvalue weighted by Crippen LogP contribution is 2.04. The van der Waals surface area contributed by atoms with E-state index in [1.165, 1.54) is 12.2 Å². The Kier molecular flexibility index (Phi) is 3.16. The quantitative estimate of drug-likeness (QED) is 0.455. The van der Waals surface area contributed by atoms with Crippen LogP contribution in [0.15, 0.2) is 24.0 Å². The number of rotatable bonds is 2. The molecule has 0 fully saturated rings. The molecule has 0 atom stereocenters. The van der Waals surface area contributed by atoms with Crippen LogP contribution in [0, 0.1) is 0 Å². The molecule has 2 heteroatoms. The summed E-state index contributed by atoms with van der Waals surface area (Å²) in [4.78, 5) is 0. The van der Waals surface area contributed by atoms with Crippen LogP contribution in [0.5, 0.6) is 0 Å². The lowest BCUT2D eigenvalue weighted by Gasteiger charge is -2.09. The average molecular weight is 142 g/mol. The van der Waals surface area contributed by atoms with Crippen molar-refractivity contribution in [2.45, 2.75) is 26.4 Å². The summed E-state index contributed by atoms with van der Waals surface area (Å²) >= 11 is 0. The Morgan fingerprint density at radius 3 is 2.20 bits per heavy atom. The largest absolute Gasteiger partial charge is 0.508 e. The number of hydrogen-bond acceptors (Lipinski definition) is 2. The minimum absolute atomic E-state index is 0.169. The van der Waals surface area contributed by atoms with Gasteiger partial charge in [0.15, 0.2) is 0 Å². The molecule has 0 amide bonds. The zero-order valence-corrected chi connectivity index (χ0v) is 6.63. The molecule has 2 nitrogen and oxygen atoms in total. The van der Waals surface area contributed by atoms with Gasteiger partial charge in [-0.25, -0.2) is 0 Å². The molecule has 0 aliphatic rings. The van der Waals surface area contributed by atoms with Gasteiger partial charge in [0.2, 0.25) is 0 Å². The molecular formula is C8H14O2. The van der Waals surface area contributed by atoms with Crippen LogP contribution in [0.25, 0.3) is 0 Å². The van der Waals surface area contributed by atoms with Crippen LogP contribution in [0.2, 0.25) is 0 Å². The van der Waals surface area contributed by atoms with Crippen molar-refractivity contribution in [3.05, 3.63) is 24.0 Å². The molecule has 58 valence electrons. The summed E-state index contributed by atoms with van der Waals surface area (Å²) in [5.74, 6) is 0.169. The maximum atomic E-state index is 9.14. The smallest absolute Gasteiger partial charge is 0.111 e. The van der Waals surface area contributed by atoms with Crippen molar-refractivity contribution < 1.29 is 10.2 Å². The van der Waals surface area contributed by atoms with Gasteiger partial charge in [-0.15, -0.1) is 0 Å². The van der Waals surface area contributed by atoms with Gasteiger partial charge in [-0.1, -0.05) is 6.08 Å². The third kappa shape index (κ3) is 5.38. The highest BCUT2D eigenvalue weighted by molar-refractivity contribution is 5.12. The van der Waals surface area contributed by atoms with Crippen LogP contribution in [0.3, 0.4) is 0 Å². The van der Waals surface area contributed by atoms with E-state index in [9.17, 15) is 0 Å². The van der Waals surface area contributed by atoms with E-state index in [0.717, 1.165) is 0 Å². The van der Waals surface area contributed by atoms with Gasteiger partial charge in [0.1, 0.15) is 5.76 Å². The van der Waals surface area contributed by atoms with Gasteiger partial charge in [-0.05, 0) is 32.9 Å². The summed E-state index contributed by atoms with van der Waals surface area (Å²) in [6.07, 6.45) is 4.56. The van der Waals surface area contributed by atoms with Crippen molar-refractivity contribution in [2.75, 3.05) is 0 Å². The summed E-state index contributed by atoms with van der Waals surface area (Å²) in [6.45, 7) is 5.02. The van der Waals surface area contributed by atoms with Crippen molar-refractivity contribution in [3.63, 3.8) is 0 Å². The molecule has 0 rings (SSSR count). The SMILES string of the molecule is CC=C(O)C=CC(C)(C)O. The highest BCUT2D eigenvalue weighted by Gasteiger charge is 2.05. The van der Waals surface area contributed by atoms with Crippen LogP contribution in [-0.4, -0.2) is 15.8 Å². The number of aliphatic hydroxyl groups is 2. The summed E-state index contributed by atoms with van der Waals surface area (Å²) in [5, 5.41) is 18.0. The third-order valence-electron chi connectivity index (χ3n) is 0.958. The predicted molar refractivity (Wildman–Crippen MR) is 41.8 cm³/mol. The molecule has 0 bridgehead atoms. The Balaban J connectivity index is 4.01. The van der Waals surface area contributed by atoms with Gasteiger partial charge in [-0.3, -0.25) is 0 Å². The molecule has 2 N–H and O–H groups in total. The van der Waals surface area contributed by atoms with Gasteiger partial charge in [-0.2, -0.15) is 0 Å². The lowest BCUT2D eigenvalue weighted by Crippen LogP contribution is -2.13. The van der Waals surface area contributed by atoms with E-state index in [1.54, 1.807) is 26.8 Å². The first-order valence-corrected chi connectivity index (χ1v) is 3.22. The van der Waals surface area contributed by atoms with E-state index >= 15 is 0 Å². The zero-order chi connectivity index (χ0) is 8.20. The Morgan fingerprint density at radius 2 is 1.90 bits per heavy atom. The summed E-state index contributed by atoms with van der Waals surface area (Å²) in [5.41, 5.74) is -0.850. The number of allylic oxidation sites excluding steroid dienone is 2. The minimum atomic E-state index is -0.850. The molecule has 0 aromatic carbocycles. The molecule has 10 heavy (non-hydrogen) atoms. The second-order valence-electron chi connectivity index (χ2n) is 2.70. The monoisotopic (exact) mass is 142 g/mol. The van der Waals surface area contributed by atoms with E-state index < -0.39 is 5.60 Å². The summed E-state index contributed by atoms with van der Waals surface area (Å²) in [7, 11) is 0. The summed E-state index contributed by atoms with van der Waals surface area (Å²) in [6, 6.07) is 0. The molecular weight excluding hydrogens is 128 g/mol. The van der Waals surface area contributed by atoms with Gasteiger partial charge < -0.3 is 10.2 Å². The molecule has 0 spiro atoms. The highest BCUT2D eigenvalue weighted by atomic mass is 16.3. The Hall–Kier alpha value is -0.760. The molecule has 0 aliphatic carbocycles. The number of hydrogen-bond donors (Lipinski definition) is 2. The van der Waals surface area contributed by atoms with Crippen molar-refractivity contribution in [3.8, 4) is 0 Å². The summed E-state index contributed by atoms with van der Waals surface area (Å²) < 4.78 is 0. The maximum absolute atomic E-state index is 9.14. The van der Waals surface area contributed by atoms with Gasteiger partial charge >= 0.3 is 0 Å². The fraction of sp³-hybridized carbons (Fsp3) is 0.500. The molecule has 0 heterocycles. The van der Waals surface area contributed by atoms with Crippen LogP contribution in [0.1, 0.15) is 20.8 Å². The standard InChI is InChI=1S/C8H14O2/c1-4-7(9)5-6-8(2,3)10/h4-6,9-10H,1-3H3. The van der Waals surface area contributed by atoms with Crippen molar-refractivity contribution >= 4 is 0 Å². The molecule has 0 unspecified atom stereocenters. The Bertz CT molecular complexity index is 149. The fourth-order valence-corrected chi connectivity index (χ4v) is 0.386. The van der Waals surface area contributed by atoms with Crippen molar-refractivity contribution in [1.29, 1.82) is 0 Å². The Morgan fingerprint density at radius 1 is 1.40 bits per heavy atom. The van der Waals surface area contributed by atoms with E-state index in [1.807, 2.05) is 0 Å². The second-order valence-corrected chi connectivity index (χ2v) is 2.70. The lowest BCUT2D eigenvalue weighted by molar-refractivity contribution is 0.132. The normalized spacial score (nSPS) is 14.6. The van der Waals surface area contributed by atoms with Gasteiger partial charge in [0.25, 0.3) is 0 Å². The molecule has 0 radical (unpaired) electrons. The molecule has 0 saturated carbocycles. The fourth-order valence-electron chi connectivity index (χ4n) is 0.386. The minimum Gasteiger partial charge on any atom is -0.508 e. The van der Waals surface area contributed by atoms with E-state index in [2.05, 4.69) is 0 Å². The molecule has 0 aromatic rings. The number of aliphatic hydroxyl groups excluding tert-OH is 1. The molecule has 0 saturated heterocycles. The second kappa shape index (κ2) is 3.42. The van der Waals surface area contributed by atoms with Crippen molar-refractivity contribution in [2.24, 2.45) is 0 Å². The van der Waals surface area contributed by atoms with Crippen LogP contribution in [-0.2, 0) is 0 Å². The molecule has 0 aliphatic heterocycles. The predicted octanol–water partition coefficient (Wildman–Crippen LogP) is 1.78. The zero-order valence-electron chi connectivity index (χ0n) is 6.63. The third-order valence-corrected chi connectivity index (χ3v) is 0.958.